The van der Waals surface area contributed by atoms with E-state index < -0.39 is 17.8 Å². The molecule has 3 rings (SSSR count). The lowest BCUT2D eigenvalue weighted by Gasteiger charge is -2.10. The summed E-state index contributed by atoms with van der Waals surface area (Å²) in [6, 6.07) is 9.52. The Labute approximate surface area is 135 Å². The first-order valence-electron chi connectivity index (χ1n) is 7.05. The number of urea groups is 1. The van der Waals surface area contributed by atoms with Crippen LogP contribution in [0.25, 0.3) is 5.52 Å². The second-order valence-corrected chi connectivity index (χ2v) is 5.10. The summed E-state index contributed by atoms with van der Waals surface area (Å²) < 4.78 is 39.2. The van der Waals surface area contributed by atoms with Gasteiger partial charge in [-0.3, -0.25) is 9.72 Å². The highest BCUT2D eigenvalue weighted by atomic mass is 19.4. The first kappa shape index (κ1) is 15.9. The number of nitrogens with one attached hydrogen (secondary N) is 2. The number of aromatic nitrogens is 2. The number of carbonyl (C=O) groups excluding carboxylic acids is 1. The molecule has 2 heterocycles. The number of benzene rings is 1. The van der Waals surface area contributed by atoms with Gasteiger partial charge in [0.2, 0.25) is 0 Å². The van der Waals surface area contributed by atoms with Gasteiger partial charge >= 0.3 is 12.2 Å². The second-order valence-electron chi connectivity index (χ2n) is 5.10. The number of amides is 2. The maximum absolute atomic E-state index is 12.5. The first-order valence-corrected chi connectivity index (χ1v) is 7.05. The molecule has 0 saturated carbocycles. The van der Waals surface area contributed by atoms with E-state index in [1.165, 1.54) is 12.1 Å². The van der Waals surface area contributed by atoms with Gasteiger partial charge < -0.3 is 5.32 Å². The molecule has 124 valence electrons. The molecule has 0 spiro atoms. The van der Waals surface area contributed by atoms with E-state index >= 15 is 0 Å². The molecule has 8 heteroatoms. The van der Waals surface area contributed by atoms with Crippen LogP contribution in [-0.4, -0.2) is 15.4 Å². The van der Waals surface area contributed by atoms with Crippen molar-refractivity contribution in [3.8, 4) is 0 Å². The number of rotatable bonds is 3. The number of hydrogen-bond acceptors (Lipinski definition) is 2. The Morgan fingerprint density at radius 1 is 1.12 bits per heavy atom. The fraction of sp³-hybridized carbons (Fsp3) is 0.125. The highest BCUT2D eigenvalue weighted by Crippen LogP contribution is 2.29. The van der Waals surface area contributed by atoms with E-state index in [1.807, 2.05) is 6.07 Å². The molecule has 0 aliphatic heterocycles. The van der Waals surface area contributed by atoms with Crippen molar-refractivity contribution in [2.24, 2.45) is 0 Å². The molecule has 24 heavy (non-hydrogen) atoms. The number of hydrogen-bond donors (Lipinski definition) is 2. The molecule has 2 aromatic heterocycles. The molecule has 1 aromatic carbocycles. The Bertz CT molecular complexity index is 856. The third-order valence-corrected chi connectivity index (χ3v) is 3.42. The van der Waals surface area contributed by atoms with Crippen LogP contribution in [0.15, 0.2) is 55.0 Å². The van der Waals surface area contributed by atoms with Crippen LogP contribution in [0.5, 0.6) is 0 Å². The number of fused-ring (bicyclic) bond motifs is 1. The van der Waals surface area contributed by atoms with E-state index in [1.54, 1.807) is 29.1 Å². The Morgan fingerprint density at radius 3 is 2.58 bits per heavy atom. The minimum absolute atomic E-state index is 0.115. The topological polar surface area (TPSA) is 58.4 Å². The third kappa shape index (κ3) is 3.48. The van der Waals surface area contributed by atoms with E-state index in [2.05, 4.69) is 15.6 Å². The zero-order valence-electron chi connectivity index (χ0n) is 12.3. The maximum atomic E-state index is 12.5. The number of halogens is 3. The van der Waals surface area contributed by atoms with E-state index in [9.17, 15) is 18.0 Å². The van der Waals surface area contributed by atoms with Crippen LogP contribution < -0.4 is 10.6 Å². The predicted molar refractivity (Wildman–Crippen MR) is 82.5 cm³/mol. The number of nitrogens with zero attached hydrogens (tertiary/aromatic N) is 2. The van der Waals surface area contributed by atoms with Crippen molar-refractivity contribution >= 4 is 17.4 Å². The molecule has 2 amide bonds. The molecule has 0 saturated heterocycles. The van der Waals surface area contributed by atoms with Crippen LogP contribution in [0.1, 0.15) is 11.1 Å². The van der Waals surface area contributed by atoms with E-state index in [0.29, 0.717) is 11.4 Å². The summed E-state index contributed by atoms with van der Waals surface area (Å²) in [6.07, 6.45) is -1.14. The van der Waals surface area contributed by atoms with Crippen LogP contribution >= 0.6 is 0 Å². The van der Waals surface area contributed by atoms with E-state index in [4.69, 9.17) is 0 Å². The zero-order valence-corrected chi connectivity index (χ0v) is 12.3. The summed E-state index contributed by atoms with van der Waals surface area (Å²) >= 11 is 0. The molecule has 0 atom stereocenters. The number of anilines is 1. The molecule has 3 aromatic rings. The Balaban J connectivity index is 1.61. The lowest BCUT2D eigenvalue weighted by molar-refractivity contribution is -0.137. The third-order valence-electron chi connectivity index (χ3n) is 3.42. The van der Waals surface area contributed by atoms with Gasteiger partial charge in [0.15, 0.2) is 0 Å². The monoisotopic (exact) mass is 334 g/mol. The lowest BCUT2D eigenvalue weighted by Crippen LogP contribution is -2.28. The maximum Gasteiger partial charge on any atom is 0.416 e. The van der Waals surface area contributed by atoms with Gasteiger partial charge in [-0.1, -0.05) is 18.2 Å². The summed E-state index contributed by atoms with van der Waals surface area (Å²) in [7, 11) is 0. The van der Waals surface area contributed by atoms with Crippen molar-refractivity contribution in [1.82, 2.24) is 14.7 Å². The smallest absolute Gasteiger partial charge is 0.334 e. The van der Waals surface area contributed by atoms with Crippen LogP contribution in [-0.2, 0) is 12.7 Å². The van der Waals surface area contributed by atoms with Crippen molar-refractivity contribution in [3.63, 3.8) is 0 Å². The van der Waals surface area contributed by atoms with Crippen LogP contribution in [0, 0.1) is 0 Å². The largest absolute Gasteiger partial charge is 0.416 e. The molecule has 0 unspecified atom stereocenters. The second kappa shape index (κ2) is 6.23. The molecule has 0 fully saturated rings. The van der Waals surface area contributed by atoms with Gasteiger partial charge in [-0.2, -0.15) is 13.2 Å². The van der Waals surface area contributed by atoms with Gasteiger partial charge in [-0.15, -0.1) is 0 Å². The number of carbonyl (C=O) groups is 1. The number of pyridine rings is 1. The van der Waals surface area contributed by atoms with Gasteiger partial charge in [-0.05, 0) is 29.8 Å². The highest BCUT2D eigenvalue weighted by molar-refractivity contribution is 5.88. The zero-order chi connectivity index (χ0) is 17.2. The normalized spacial score (nSPS) is 11.5. The van der Waals surface area contributed by atoms with Gasteiger partial charge in [0.1, 0.15) is 12.1 Å². The average molecular weight is 334 g/mol. The minimum Gasteiger partial charge on any atom is -0.334 e. The van der Waals surface area contributed by atoms with Gasteiger partial charge in [0.25, 0.3) is 0 Å². The summed E-state index contributed by atoms with van der Waals surface area (Å²) in [5.74, 6) is 0.537. The van der Waals surface area contributed by atoms with Crippen molar-refractivity contribution < 1.29 is 18.0 Å². The summed E-state index contributed by atoms with van der Waals surface area (Å²) in [5.41, 5.74) is 0.678. The Hall–Kier alpha value is -3.03. The van der Waals surface area contributed by atoms with Crippen LogP contribution in [0.2, 0.25) is 0 Å². The number of alkyl halides is 3. The fourth-order valence-corrected chi connectivity index (χ4v) is 2.20. The Kier molecular flexibility index (Phi) is 4.11. The molecular weight excluding hydrogens is 321 g/mol. The first-order chi connectivity index (χ1) is 11.4. The fourth-order valence-electron chi connectivity index (χ4n) is 2.20. The SMILES string of the molecule is O=C(NCc1ccc(C(F)(F)F)cc1)Nc1cccc2cncn12. The highest BCUT2D eigenvalue weighted by Gasteiger charge is 2.29. The van der Waals surface area contributed by atoms with Crippen molar-refractivity contribution in [2.75, 3.05) is 5.32 Å². The standard InChI is InChI=1S/C16H13F3N4O/c17-16(18,19)12-6-4-11(5-7-12)8-21-15(24)22-14-3-1-2-13-9-20-10-23(13)14/h1-7,9-10H,8H2,(H2,21,22,24). The van der Waals surface area contributed by atoms with Gasteiger partial charge in [-0.25, -0.2) is 9.78 Å². The van der Waals surface area contributed by atoms with Crippen molar-refractivity contribution in [2.45, 2.75) is 12.7 Å². The summed E-state index contributed by atoms with van der Waals surface area (Å²) in [5, 5.41) is 5.27. The summed E-state index contributed by atoms with van der Waals surface area (Å²) in [6.45, 7) is 0.115. The molecule has 5 nitrogen and oxygen atoms in total. The summed E-state index contributed by atoms with van der Waals surface area (Å²) in [4.78, 5) is 15.9. The molecule has 0 aliphatic carbocycles. The van der Waals surface area contributed by atoms with E-state index in [0.717, 1.165) is 17.6 Å². The van der Waals surface area contributed by atoms with Crippen molar-refractivity contribution in [3.05, 3.63) is 66.1 Å². The van der Waals surface area contributed by atoms with Crippen LogP contribution in [0.4, 0.5) is 23.8 Å². The van der Waals surface area contributed by atoms with Gasteiger partial charge in [0, 0.05) is 6.54 Å². The average Bonchev–Trinajstić information content (AvgIpc) is 3.02. The van der Waals surface area contributed by atoms with E-state index in [-0.39, 0.29) is 6.54 Å². The number of imidazole rings is 1. The quantitative estimate of drug-likeness (QED) is 0.768. The molecular formula is C16H13F3N4O. The minimum atomic E-state index is -4.37. The molecule has 0 bridgehead atoms. The van der Waals surface area contributed by atoms with Gasteiger partial charge in [0.05, 0.1) is 17.3 Å². The predicted octanol–water partition coefficient (Wildman–Crippen LogP) is 3.67. The Morgan fingerprint density at radius 2 is 1.88 bits per heavy atom. The molecule has 0 radical (unpaired) electrons. The lowest BCUT2D eigenvalue weighted by atomic mass is 10.1. The van der Waals surface area contributed by atoms with Crippen molar-refractivity contribution in [1.29, 1.82) is 0 Å². The van der Waals surface area contributed by atoms with Crippen LogP contribution in [0.3, 0.4) is 0 Å². The molecule has 0 aliphatic rings. The molecule has 2 N–H and O–H groups in total.